The third kappa shape index (κ3) is 5.91. The molecule has 1 saturated heterocycles. The van der Waals surface area contributed by atoms with Gasteiger partial charge in [0, 0.05) is 20.0 Å². The molecule has 152 valence electrons. The minimum absolute atomic E-state index is 0.135. The third-order valence-electron chi connectivity index (χ3n) is 4.86. The molecule has 0 saturated carbocycles. The van der Waals surface area contributed by atoms with E-state index in [4.69, 9.17) is 9.47 Å². The Bertz CT molecular complexity index is 850. The average molecular weight is 395 g/mol. The van der Waals surface area contributed by atoms with Gasteiger partial charge >= 0.3 is 11.9 Å². The Labute approximate surface area is 170 Å². The van der Waals surface area contributed by atoms with E-state index in [0.717, 1.165) is 49.9 Å². The van der Waals surface area contributed by atoms with Gasteiger partial charge in [-0.05, 0) is 48.2 Å². The third-order valence-corrected chi connectivity index (χ3v) is 4.86. The molecule has 0 aliphatic carbocycles. The Balaban J connectivity index is 1.55. The molecule has 0 N–H and O–H groups in total. The predicted octanol–water partition coefficient (Wildman–Crippen LogP) is 3.84. The summed E-state index contributed by atoms with van der Waals surface area (Å²) in [7, 11) is 0. The first-order valence-corrected chi connectivity index (χ1v) is 9.87. The van der Waals surface area contributed by atoms with Crippen molar-refractivity contribution in [3.05, 3.63) is 54.1 Å². The molecule has 6 nitrogen and oxygen atoms in total. The summed E-state index contributed by atoms with van der Waals surface area (Å²) in [6.45, 7) is 2.61. The second-order valence-corrected chi connectivity index (χ2v) is 7.07. The number of ether oxygens (including phenoxy) is 2. The van der Waals surface area contributed by atoms with Gasteiger partial charge in [-0.1, -0.05) is 37.1 Å². The van der Waals surface area contributed by atoms with Crippen molar-refractivity contribution in [3.63, 3.8) is 0 Å². The molecule has 0 unspecified atom stereocenters. The van der Waals surface area contributed by atoms with Crippen LogP contribution < -0.4 is 4.74 Å². The molecule has 6 heteroatoms. The summed E-state index contributed by atoms with van der Waals surface area (Å²) in [5, 5.41) is 0. The summed E-state index contributed by atoms with van der Waals surface area (Å²) < 4.78 is 10.2. The highest BCUT2D eigenvalue weighted by Crippen LogP contribution is 2.23. The fraction of sp³-hybridized carbons (Fsp3) is 0.348. The molecule has 0 atom stereocenters. The highest BCUT2D eigenvalue weighted by molar-refractivity contribution is 5.92. The minimum Gasteiger partial charge on any atom is -0.452 e. The normalized spacial score (nSPS) is 14.0. The van der Waals surface area contributed by atoms with E-state index in [9.17, 15) is 14.4 Å². The van der Waals surface area contributed by atoms with Crippen LogP contribution in [0.3, 0.4) is 0 Å². The van der Waals surface area contributed by atoms with Crippen molar-refractivity contribution in [2.45, 2.75) is 32.6 Å². The van der Waals surface area contributed by atoms with Crippen molar-refractivity contribution < 1.29 is 23.9 Å². The first kappa shape index (κ1) is 20.6. The first-order chi connectivity index (χ1) is 14.0. The number of carbonyl (C=O) groups excluding carboxylic acids is 3. The molecule has 0 aromatic heterocycles. The number of nitrogens with zero attached hydrogens (tertiary/aromatic N) is 1. The van der Waals surface area contributed by atoms with E-state index in [2.05, 4.69) is 0 Å². The largest absolute Gasteiger partial charge is 0.452 e. The van der Waals surface area contributed by atoms with E-state index < -0.39 is 5.97 Å². The van der Waals surface area contributed by atoms with E-state index in [1.165, 1.54) is 6.92 Å². The summed E-state index contributed by atoms with van der Waals surface area (Å²) in [6, 6.07) is 14.1. The molecule has 1 amide bonds. The Morgan fingerprint density at radius 3 is 1.93 bits per heavy atom. The number of amides is 1. The van der Waals surface area contributed by atoms with Crippen LogP contribution in [0.1, 0.15) is 43.0 Å². The van der Waals surface area contributed by atoms with Crippen molar-refractivity contribution >= 4 is 17.8 Å². The van der Waals surface area contributed by atoms with E-state index in [1.54, 1.807) is 29.2 Å². The summed E-state index contributed by atoms with van der Waals surface area (Å²) in [6.07, 6.45) is 4.29. The molecule has 1 aliphatic heterocycles. The molecule has 3 rings (SSSR count). The van der Waals surface area contributed by atoms with Crippen LogP contribution in [0, 0.1) is 0 Å². The molecule has 0 bridgehead atoms. The van der Waals surface area contributed by atoms with E-state index >= 15 is 0 Å². The van der Waals surface area contributed by atoms with Crippen LogP contribution >= 0.6 is 0 Å². The van der Waals surface area contributed by atoms with Crippen LogP contribution in [0.2, 0.25) is 0 Å². The number of carbonyl (C=O) groups is 3. The number of benzene rings is 2. The Hall–Kier alpha value is -3.15. The number of hydrogen-bond acceptors (Lipinski definition) is 5. The zero-order chi connectivity index (χ0) is 20.6. The van der Waals surface area contributed by atoms with Crippen LogP contribution in [-0.4, -0.2) is 42.4 Å². The van der Waals surface area contributed by atoms with Gasteiger partial charge in [-0.2, -0.15) is 0 Å². The van der Waals surface area contributed by atoms with E-state index in [0.29, 0.717) is 11.3 Å². The number of rotatable bonds is 5. The lowest BCUT2D eigenvalue weighted by Crippen LogP contribution is -2.35. The Kier molecular flexibility index (Phi) is 7.00. The summed E-state index contributed by atoms with van der Waals surface area (Å²) in [5.74, 6) is -0.528. The fourth-order valence-corrected chi connectivity index (χ4v) is 3.30. The van der Waals surface area contributed by atoms with E-state index in [-0.39, 0.29) is 18.5 Å². The SMILES string of the molecule is CC(=O)Oc1ccc(-c2ccc(C(=O)OCC(=O)N3CCCCCC3)cc2)cc1. The molecular weight excluding hydrogens is 370 g/mol. The van der Waals surface area contributed by atoms with Gasteiger partial charge in [0.15, 0.2) is 6.61 Å². The van der Waals surface area contributed by atoms with Crippen LogP contribution in [0.4, 0.5) is 0 Å². The number of hydrogen-bond donors (Lipinski definition) is 0. The summed E-state index contributed by atoms with van der Waals surface area (Å²) in [5.41, 5.74) is 2.24. The molecule has 1 heterocycles. The lowest BCUT2D eigenvalue weighted by molar-refractivity contribution is -0.134. The summed E-state index contributed by atoms with van der Waals surface area (Å²) in [4.78, 5) is 37.3. The topological polar surface area (TPSA) is 72.9 Å². The first-order valence-electron chi connectivity index (χ1n) is 9.87. The molecule has 29 heavy (non-hydrogen) atoms. The molecular formula is C23H25NO5. The van der Waals surface area contributed by atoms with Crippen LogP contribution in [0.15, 0.2) is 48.5 Å². The predicted molar refractivity (Wildman–Crippen MR) is 109 cm³/mol. The van der Waals surface area contributed by atoms with Gasteiger partial charge in [0.05, 0.1) is 5.56 Å². The van der Waals surface area contributed by atoms with Gasteiger partial charge in [0.25, 0.3) is 5.91 Å². The number of esters is 2. The maximum absolute atomic E-state index is 12.3. The maximum atomic E-state index is 12.3. The smallest absolute Gasteiger partial charge is 0.338 e. The molecule has 0 radical (unpaired) electrons. The molecule has 2 aromatic carbocycles. The van der Waals surface area contributed by atoms with Gasteiger partial charge < -0.3 is 14.4 Å². The van der Waals surface area contributed by atoms with Crippen molar-refractivity contribution in [2.75, 3.05) is 19.7 Å². The van der Waals surface area contributed by atoms with Crippen LogP contribution in [-0.2, 0) is 14.3 Å². The number of likely N-dealkylation sites (tertiary alicyclic amines) is 1. The second-order valence-electron chi connectivity index (χ2n) is 7.07. The van der Waals surface area contributed by atoms with Gasteiger partial charge in [0.1, 0.15) is 5.75 Å². The highest BCUT2D eigenvalue weighted by Gasteiger charge is 2.17. The van der Waals surface area contributed by atoms with Gasteiger partial charge in [-0.15, -0.1) is 0 Å². The quantitative estimate of drug-likeness (QED) is 0.568. The van der Waals surface area contributed by atoms with Gasteiger partial charge in [-0.3, -0.25) is 9.59 Å². The Morgan fingerprint density at radius 1 is 0.828 bits per heavy atom. The van der Waals surface area contributed by atoms with Gasteiger partial charge in [-0.25, -0.2) is 4.79 Å². The lowest BCUT2D eigenvalue weighted by Gasteiger charge is -2.19. The lowest BCUT2D eigenvalue weighted by atomic mass is 10.0. The molecule has 1 fully saturated rings. The van der Waals surface area contributed by atoms with Crippen molar-refractivity contribution in [3.8, 4) is 16.9 Å². The van der Waals surface area contributed by atoms with Crippen molar-refractivity contribution in [1.82, 2.24) is 4.90 Å². The van der Waals surface area contributed by atoms with E-state index in [1.807, 2.05) is 24.3 Å². The molecule has 2 aromatic rings. The highest BCUT2D eigenvalue weighted by atomic mass is 16.5. The summed E-state index contributed by atoms with van der Waals surface area (Å²) >= 11 is 0. The molecule has 0 spiro atoms. The average Bonchev–Trinajstić information content (AvgIpc) is 3.02. The van der Waals surface area contributed by atoms with Crippen molar-refractivity contribution in [2.24, 2.45) is 0 Å². The van der Waals surface area contributed by atoms with Crippen molar-refractivity contribution in [1.29, 1.82) is 0 Å². The Morgan fingerprint density at radius 2 is 1.38 bits per heavy atom. The van der Waals surface area contributed by atoms with Gasteiger partial charge in [0.2, 0.25) is 0 Å². The monoisotopic (exact) mass is 395 g/mol. The minimum atomic E-state index is -0.509. The fourth-order valence-electron chi connectivity index (χ4n) is 3.30. The van der Waals surface area contributed by atoms with Crippen LogP contribution in [0.25, 0.3) is 11.1 Å². The van der Waals surface area contributed by atoms with Crippen LogP contribution in [0.5, 0.6) is 5.75 Å². The standard InChI is InChI=1S/C23H25NO5/c1-17(25)29-21-12-10-19(11-13-21)18-6-8-20(9-7-18)23(27)28-16-22(26)24-14-4-2-3-5-15-24/h6-13H,2-5,14-16H2,1H3. The molecule has 1 aliphatic rings. The zero-order valence-corrected chi connectivity index (χ0v) is 16.6. The zero-order valence-electron chi connectivity index (χ0n) is 16.6. The maximum Gasteiger partial charge on any atom is 0.338 e. The second kappa shape index (κ2) is 9.87.